The van der Waals surface area contributed by atoms with Gasteiger partial charge in [-0.05, 0) is 50.6 Å². The van der Waals surface area contributed by atoms with Gasteiger partial charge in [0.15, 0.2) is 11.5 Å². The zero-order valence-corrected chi connectivity index (χ0v) is 19.7. The van der Waals surface area contributed by atoms with Gasteiger partial charge < -0.3 is 14.4 Å². The standard InChI is InChI=1S/C22H28N4O6S/c1-22(2,3)23-33(29,30)17-5-6-18(19(13-17)26(27)28)25-10-8-24(9-11-25)14-16-4-7-20-21(12-16)32-15-31-20/h4-7,12-13,23H,8-11,14-15H2,1-3H3. The summed E-state index contributed by atoms with van der Waals surface area (Å²) in [5.41, 5.74) is 0.633. The Morgan fingerprint density at radius 1 is 1.03 bits per heavy atom. The van der Waals surface area contributed by atoms with Crippen molar-refractivity contribution < 1.29 is 22.8 Å². The highest BCUT2D eigenvalue weighted by molar-refractivity contribution is 7.89. The summed E-state index contributed by atoms with van der Waals surface area (Å²) in [4.78, 5) is 15.3. The summed E-state index contributed by atoms with van der Waals surface area (Å²) in [7, 11) is -3.87. The van der Waals surface area contributed by atoms with Crippen LogP contribution in [0.15, 0.2) is 41.3 Å². The molecule has 0 saturated carbocycles. The van der Waals surface area contributed by atoms with E-state index in [1.165, 1.54) is 12.1 Å². The summed E-state index contributed by atoms with van der Waals surface area (Å²) in [5.74, 6) is 1.50. The molecule has 1 N–H and O–H groups in total. The molecule has 0 aliphatic carbocycles. The van der Waals surface area contributed by atoms with Gasteiger partial charge >= 0.3 is 0 Å². The van der Waals surface area contributed by atoms with Crippen molar-refractivity contribution in [2.24, 2.45) is 0 Å². The Labute approximate surface area is 193 Å². The predicted molar refractivity (Wildman–Crippen MR) is 123 cm³/mol. The molecule has 33 heavy (non-hydrogen) atoms. The predicted octanol–water partition coefficient (Wildman–Crippen LogP) is 2.72. The fraction of sp³-hybridized carbons (Fsp3) is 0.455. The second-order valence-electron chi connectivity index (χ2n) is 9.21. The van der Waals surface area contributed by atoms with Crippen molar-refractivity contribution in [3.05, 3.63) is 52.1 Å². The zero-order valence-electron chi connectivity index (χ0n) is 18.9. The maximum absolute atomic E-state index is 12.6. The van der Waals surface area contributed by atoms with E-state index in [1.807, 2.05) is 23.1 Å². The largest absolute Gasteiger partial charge is 0.454 e. The van der Waals surface area contributed by atoms with Gasteiger partial charge in [0.25, 0.3) is 5.69 Å². The molecule has 2 aliphatic heterocycles. The third-order valence-corrected chi connectivity index (χ3v) is 7.21. The Kier molecular flexibility index (Phi) is 6.21. The number of nitro benzene ring substituents is 1. The number of nitrogens with one attached hydrogen (secondary N) is 1. The van der Waals surface area contributed by atoms with Crippen LogP contribution in [0.3, 0.4) is 0 Å². The SMILES string of the molecule is CC(C)(C)NS(=O)(=O)c1ccc(N2CCN(Cc3ccc4c(c3)OCO4)CC2)c([N+](=O)[O-])c1. The normalized spacial score (nSPS) is 16.8. The molecule has 178 valence electrons. The molecule has 2 aliphatic rings. The Hall–Kier alpha value is -2.89. The van der Waals surface area contributed by atoms with E-state index in [0.29, 0.717) is 18.8 Å². The quantitative estimate of drug-likeness (QED) is 0.500. The third-order valence-electron chi connectivity index (χ3n) is 5.45. The maximum Gasteiger partial charge on any atom is 0.293 e. The van der Waals surface area contributed by atoms with Gasteiger partial charge in [-0.1, -0.05) is 6.07 Å². The van der Waals surface area contributed by atoms with Crippen molar-refractivity contribution >= 4 is 21.4 Å². The van der Waals surface area contributed by atoms with Crippen molar-refractivity contribution in [3.8, 4) is 11.5 Å². The maximum atomic E-state index is 12.6. The summed E-state index contributed by atoms with van der Waals surface area (Å²) < 4.78 is 38.6. The van der Waals surface area contributed by atoms with Crippen LogP contribution in [-0.2, 0) is 16.6 Å². The topological polar surface area (TPSA) is 114 Å². The van der Waals surface area contributed by atoms with Gasteiger partial charge in [-0.3, -0.25) is 15.0 Å². The number of piperazine rings is 1. The Balaban J connectivity index is 1.46. The molecule has 0 radical (unpaired) electrons. The lowest BCUT2D eigenvalue weighted by atomic mass is 10.1. The fourth-order valence-corrected chi connectivity index (χ4v) is 5.43. The van der Waals surface area contributed by atoms with E-state index in [9.17, 15) is 18.5 Å². The van der Waals surface area contributed by atoms with Gasteiger partial charge in [0, 0.05) is 44.3 Å². The van der Waals surface area contributed by atoms with E-state index in [0.717, 1.165) is 42.8 Å². The molecule has 11 heteroatoms. The minimum absolute atomic E-state index is 0.116. The summed E-state index contributed by atoms with van der Waals surface area (Å²) in [6, 6.07) is 9.99. The minimum atomic E-state index is -3.87. The molecule has 0 aromatic heterocycles. The number of anilines is 1. The molecule has 2 heterocycles. The van der Waals surface area contributed by atoms with Crippen LogP contribution in [0, 0.1) is 10.1 Å². The van der Waals surface area contributed by atoms with Crippen molar-refractivity contribution in [2.75, 3.05) is 37.9 Å². The zero-order chi connectivity index (χ0) is 23.8. The molecule has 0 unspecified atom stereocenters. The highest BCUT2D eigenvalue weighted by Gasteiger charge is 2.28. The monoisotopic (exact) mass is 476 g/mol. The Morgan fingerprint density at radius 2 is 1.73 bits per heavy atom. The third kappa shape index (κ3) is 5.37. The summed E-state index contributed by atoms with van der Waals surface area (Å²) in [6.07, 6.45) is 0. The molecule has 2 aromatic rings. The Morgan fingerprint density at radius 3 is 2.39 bits per heavy atom. The average molecular weight is 477 g/mol. The number of hydrogen-bond acceptors (Lipinski definition) is 8. The molecule has 0 atom stereocenters. The number of nitrogens with zero attached hydrogens (tertiary/aromatic N) is 3. The number of sulfonamides is 1. The molecule has 0 bridgehead atoms. The summed E-state index contributed by atoms with van der Waals surface area (Å²) in [5, 5.41) is 11.8. The van der Waals surface area contributed by atoms with E-state index in [4.69, 9.17) is 9.47 Å². The van der Waals surface area contributed by atoms with E-state index in [-0.39, 0.29) is 17.4 Å². The number of nitro groups is 1. The molecule has 1 fully saturated rings. The smallest absolute Gasteiger partial charge is 0.293 e. The molecular formula is C22H28N4O6S. The van der Waals surface area contributed by atoms with Crippen molar-refractivity contribution in [1.82, 2.24) is 9.62 Å². The molecule has 2 aromatic carbocycles. The first kappa shape index (κ1) is 23.3. The van der Waals surface area contributed by atoms with Crippen LogP contribution in [0.1, 0.15) is 26.3 Å². The van der Waals surface area contributed by atoms with Gasteiger partial charge in [-0.2, -0.15) is 0 Å². The lowest BCUT2D eigenvalue weighted by Crippen LogP contribution is -2.46. The number of rotatable bonds is 6. The van der Waals surface area contributed by atoms with Crippen LogP contribution in [0.25, 0.3) is 0 Å². The van der Waals surface area contributed by atoms with Gasteiger partial charge in [0.05, 0.1) is 9.82 Å². The molecule has 10 nitrogen and oxygen atoms in total. The molecule has 4 rings (SSSR count). The second-order valence-corrected chi connectivity index (χ2v) is 10.9. The van der Waals surface area contributed by atoms with Crippen LogP contribution in [0.4, 0.5) is 11.4 Å². The van der Waals surface area contributed by atoms with E-state index >= 15 is 0 Å². The van der Waals surface area contributed by atoms with Crippen molar-refractivity contribution in [3.63, 3.8) is 0 Å². The first-order chi connectivity index (χ1) is 15.5. The number of ether oxygens (including phenoxy) is 2. The molecule has 0 amide bonds. The molecule has 0 spiro atoms. The van der Waals surface area contributed by atoms with Gasteiger partial charge in [-0.15, -0.1) is 0 Å². The van der Waals surface area contributed by atoms with Crippen LogP contribution in [0.5, 0.6) is 11.5 Å². The number of fused-ring (bicyclic) bond motifs is 1. The van der Waals surface area contributed by atoms with Gasteiger partial charge in [-0.25, -0.2) is 13.1 Å². The van der Waals surface area contributed by atoms with Crippen LogP contribution < -0.4 is 19.1 Å². The lowest BCUT2D eigenvalue weighted by Gasteiger charge is -2.35. The van der Waals surface area contributed by atoms with Crippen molar-refractivity contribution in [2.45, 2.75) is 37.8 Å². The minimum Gasteiger partial charge on any atom is -0.454 e. The van der Waals surface area contributed by atoms with E-state index in [2.05, 4.69) is 9.62 Å². The van der Waals surface area contributed by atoms with Gasteiger partial charge in [0.1, 0.15) is 5.69 Å². The van der Waals surface area contributed by atoms with Crippen molar-refractivity contribution in [1.29, 1.82) is 0 Å². The number of hydrogen-bond donors (Lipinski definition) is 1. The van der Waals surface area contributed by atoms with E-state index < -0.39 is 20.5 Å². The molecule has 1 saturated heterocycles. The molecular weight excluding hydrogens is 448 g/mol. The number of benzene rings is 2. The highest BCUT2D eigenvalue weighted by atomic mass is 32.2. The summed E-state index contributed by atoms with van der Waals surface area (Å²) >= 11 is 0. The second kappa shape index (κ2) is 8.81. The summed E-state index contributed by atoms with van der Waals surface area (Å²) in [6.45, 7) is 8.76. The Bertz CT molecular complexity index is 1150. The first-order valence-electron chi connectivity index (χ1n) is 10.7. The van der Waals surface area contributed by atoms with E-state index in [1.54, 1.807) is 20.8 Å². The highest BCUT2D eigenvalue weighted by Crippen LogP contribution is 2.34. The fourth-order valence-electron chi connectivity index (χ4n) is 3.99. The van der Waals surface area contributed by atoms with Crippen LogP contribution in [-0.4, -0.2) is 56.8 Å². The van der Waals surface area contributed by atoms with Gasteiger partial charge in [0.2, 0.25) is 16.8 Å². The first-order valence-corrected chi connectivity index (χ1v) is 12.2. The van der Waals surface area contributed by atoms with Crippen LogP contribution >= 0.6 is 0 Å². The van der Waals surface area contributed by atoms with Crippen LogP contribution in [0.2, 0.25) is 0 Å². The average Bonchev–Trinajstić information content (AvgIpc) is 3.20. The lowest BCUT2D eigenvalue weighted by molar-refractivity contribution is -0.384.